The first kappa shape index (κ1) is 15.5. The van der Waals surface area contributed by atoms with Crippen molar-refractivity contribution in [3.63, 3.8) is 0 Å². The number of fused-ring (bicyclic) bond motifs is 1. The van der Waals surface area contributed by atoms with Crippen LogP contribution in [0.5, 0.6) is 0 Å². The molecule has 1 aromatic carbocycles. The molecule has 0 unspecified atom stereocenters. The first-order chi connectivity index (χ1) is 11.0. The molecule has 1 fully saturated rings. The molecule has 0 aromatic heterocycles. The molecule has 2 amide bonds. The van der Waals surface area contributed by atoms with E-state index in [0.717, 1.165) is 5.56 Å². The number of likely N-dealkylation sites (tertiary alicyclic amines) is 1. The average molecular weight is 313 g/mol. The predicted octanol–water partition coefficient (Wildman–Crippen LogP) is 2.07. The van der Waals surface area contributed by atoms with Crippen molar-refractivity contribution in [2.24, 2.45) is 11.8 Å². The molecule has 2 aliphatic rings. The fourth-order valence-electron chi connectivity index (χ4n) is 3.17. The van der Waals surface area contributed by atoms with Crippen LogP contribution in [0.15, 0.2) is 42.0 Å². The van der Waals surface area contributed by atoms with Crippen molar-refractivity contribution >= 4 is 17.8 Å². The minimum Gasteiger partial charge on any atom is -0.460 e. The van der Waals surface area contributed by atoms with E-state index in [2.05, 4.69) is 0 Å². The van der Waals surface area contributed by atoms with Crippen LogP contribution in [0.1, 0.15) is 25.8 Å². The second-order valence-electron chi connectivity index (χ2n) is 6.18. The molecule has 3 rings (SSSR count). The molecular weight excluding hydrogens is 294 g/mol. The number of hydrogen-bond acceptors (Lipinski definition) is 4. The van der Waals surface area contributed by atoms with Gasteiger partial charge < -0.3 is 4.74 Å². The SMILES string of the molecule is CC(C)OC(=O)C1=CC[C@@H]2C(=O)N(Cc3ccccc3)C(=O)[C@H]12. The highest BCUT2D eigenvalue weighted by atomic mass is 16.5. The first-order valence-corrected chi connectivity index (χ1v) is 7.79. The molecule has 0 N–H and O–H groups in total. The monoisotopic (exact) mass is 313 g/mol. The van der Waals surface area contributed by atoms with Gasteiger partial charge in [0.05, 0.1) is 24.5 Å². The van der Waals surface area contributed by atoms with E-state index < -0.39 is 17.8 Å². The van der Waals surface area contributed by atoms with Crippen LogP contribution >= 0.6 is 0 Å². The third kappa shape index (κ3) is 2.79. The van der Waals surface area contributed by atoms with Crippen molar-refractivity contribution in [1.82, 2.24) is 4.90 Å². The van der Waals surface area contributed by atoms with Crippen LogP contribution in [0, 0.1) is 11.8 Å². The van der Waals surface area contributed by atoms with Crippen molar-refractivity contribution < 1.29 is 19.1 Å². The lowest BCUT2D eigenvalue weighted by Crippen LogP contribution is -2.32. The normalized spacial score (nSPS) is 23.3. The van der Waals surface area contributed by atoms with E-state index in [1.54, 1.807) is 19.9 Å². The summed E-state index contributed by atoms with van der Waals surface area (Å²) in [5, 5.41) is 0. The van der Waals surface area contributed by atoms with Gasteiger partial charge in [-0.15, -0.1) is 0 Å². The Hall–Kier alpha value is -2.43. The molecule has 5 nitrogen and oxygen atoms in total. The summed E-state index contributed by atoms with van der Waals surface area (Å²) in [5.41, 5.74) is 1.22. The summed E-state index contributed by atoms with van der Waals surface area (Å²) >= 11 is 0. The van der Waals surface area contributed by atoms with Crippen molar-refractivity contribution in [2.75, 3.05) is 0 Å². The fraction of sp³-hybridized carbons (Fsp3) is 0.389. The van der Waals surface area contributed by atoms with Gasteiger partial charge in [0.2, 0.25) is 11.8 Å². The highest BCUT2D eigenvalue weighted by Crippen LogP contribution is 2.41. The third-order valence-corrected chi connectivity index (χ3v) is 4.21. The zero-order valence-corrected chi connectivity index (χ0v) is 13.2. The van der Waals surface area contributed by atoms with E-state index >= 15 is 0 Å². The Morgan fingerprint density at radius 3 is 2.57 bits per heavy atom. The average Bonchev–Trinajstić information content (AvgIpc) is 3.04. The number of carbonyl (C=O) groups excluding carboxylic acids is 3. The van der Waals surface area contributed by atoms with Gasteiger partial charge in [-0.1, -0.05) is 36.4 Å². The Kier molecular flexibility index (Phi) is 4.03. The number of allylic oxidation sites excluding steroid dienone is 1. The minimum atomic E-state index is -0.683. The van der Waals surface area contributed by atoms with Crippen molar-refractivity contribution in [2.45, 2.75) is 32.9 Å². The number of carbonyl (C=O) groups is 3. The topological polar surface area (TPSA) is 63.7 Å². The first-order valence-electron chi connectivity index (χ1n) is 7.79. The molecule has 1 aliphatic carbocycles. The second-order valence-corrected chi connectivity index (χ2v) is 6.18. The lowest BCUT2D eigenvalue weighted by Gasteiger charge is -2.16. The van der Waals surface area contributed by atoms with Gasteiger partial charge >= 0.3 is 5.97 Å². The maximum atomic E-state index is 12.7. The number of amides is 2. The zero-order chi connectivity index (χ0) is 16.6. The summed E-state index contributed by atoms with van der Waals surface area (Å²) in [4.78, 5) is 38.6. The quantitative estimate of drug-likeness (QED) is 0.630. The molecular formula is C18H19NO4. The third-order valence-electron chi connectivity index (χ3n) is 4.21. The summed E-state index contributed by atoms with van der Waals surface area (Å²) in [5.74, 6) is -2.13. The number of esters is 1. The molecule has 0 saturated carbocycles. The molecule has 0 spiro atoms. The molecule has 120 valence electrons. The summed E-state index contributed by atoms with van der Waals surface area (Å²) in [6.45, 7) is 3.76. The Labute approximate surface area is 134 Å². The standard InChI is InChI=1S/C18H19NO4/c1-11(2)23-18(22)14-9-8-13-15(14)17(21)19(16(13)20)10-12-6-4-3-5-7-12/h3-7,9,11,13,15H,8,10H2,1-2H3/t13-,15-/m0/s1. The summed E-state index contributed by atoms with van der Waals surface area (Å²) in [7, 11) is 0. The van der Waals surface area contributed by atoms with Crippen molar-refractivity contribution in [3.05, 3.63) is 47.5 Å². The second kappa shape index (κ2) is 5.99. The van der Waals surface area contributed by atoms with Gasteiger partial charge in [-0.2, -0.15) is 0 Å². The number of imide groups is 1. The molecule has 0 radical (unpaired) electrons. The Bertz CT molecular complexity index is 678. The van der Waals surface area contributed by atoms with Crippen LogP contribution in [0.25, 0.3) is 0 Å². The van der Waals surface area contributed by atoms with Crippen LogP contribution in [0.2, 0.25) is 0 Å². The molecule has 5 heteroatoms. The van der Waals surface area contributed by atoms with Crippen LogP contribution in [-0.4, -0.2) is 28.8 Å². The predicted molar refractivity (Wildman–Crippen MR) is 82.9 cm³/mol. The van der Waals surface area contributed by atoms with Crippen LogP contribution in [0.3, 0.4) is 0 Å². The highest BCUT2D eigenvalue weighted by Gasteiger charge is 2.53. The summed E-state index contributed by atoms with van der Waals surface area (Å²) in [6.07, 6.45) is 1.84. The van der Waals surface area contributed by atoms with E-state index in [9.17, 15) is 14.4 Å². The van der Waals surface area contributed by atoms with E-state index in [1.807, 2.05) is 30.3 Å². The number of ether oxygens (including phenoxy) is 1. The van der Waals surface area contributed by atoms with Gasteiger partial charge in [-0.05, 0) is 25.8 Å². The van der Waals surface area contributed by atoms with Crippen LogP contribution in [-0.2, 0) is 25.7 Å². The number of hydrogen-bond donors (Lipinski definition) is 0. The van der Waals surface area contributed by atoms with E-state index in [1.165, 1.54) is 4.90 Å². The van der Waals surface area contributed by atoms with E-state index in [4.69, 9.17) is 4.74 Å². The number of benzene rings is 1. The lowest BCUT2D eigenvalue weighted by atomic mass is 9.94. The molecule has 1 heterocycles. The van der Waals surface area contributed by atoms with Crippen molar-refractivity contribution in [3.8, 4) is 0 Å². The molecule has 0 bridgehead atoms. The number of nitrogens with zero attached hydrogens (tertiary/aromatic N) is 1. The Morgan fingerprint density at radius 2 is 1.91 bits per heavy atom. The van der Waals surface area contributed by atoms with Gasteiger partial charge in [0.15, 0.2) is 0 Å². The number of rotatable bonds is 4. The largest absolute Gasteiger partial charge is 0.460 e. The Balaban J connectivity index is 1.79. The molecule has 2 atom stereocenters. The fourth-order valence-corrected chi connectivity index (χ4v) is 3.17. The molecule has 1 aromatic rings. The highest BCUT2D eigenvalue weighted by molar-refractivity contribution is 6.11. The van der Waals surface area contributed by atoms with Crippen LogP contribution in [0.4, 0.5) is 0 Å². The maximum Gasteiger partial charge on any atom is 0.334 e. The van der Waals surface area contributed by atoms with Gasteiger partial charge in [0.1, 0.15) is 0 Å². The smallest absolute Gasteiger partial charge is 0.334 e. The van der Waals surface area contributed by atoms with Crippen LogP contribution < -0.4 is 0 Å². The lowest BCUT2D eigenvalue weighted by molar-refractivity contribution is -0.145. The minimum absolute atomic E-state index is 0.201. The molecule has 1 aliphatic heterocycles. The van der Waals surface area contributed by atoms with Crippen molar-refractivity contribution in [1.29, 1.82) is 0 Å². The molecule has 1 saturated heterocycles. The maximum absolute atomic E-state index is 12.7. The van der Waals surface area contributed by atoms with E-state index in [0.29, 0.717) is 12.0 Å². The van der Waals surface area contributed by atoms with Gasteiger partial charge in [-0.25, -0.2) is 4.79 Å². The van der Waals surface area contributed by atoms with E-state index in [-0.39, 0.29) is 24.5 Å². The summed E-state index contributed by atoms with van der Waals surface area (Å²) in [6, 6.07) is 9.37. The van der Waals surface area contributed by atoms with Gasteiger partial charge in [0.25, 0.3) is 0 Å². The molecule has 23 heavy (non-hydrogen) atoms. The summed E-state index contributed by atoms with van der Waals surface area (Å²) < 4.78 is 5.19. The van der Waals surface area contributed by atoms with Gasteiger partial charge in [-0.3, -0.25) is 14.5 Å². The van der Waals surface area contributed by atoms with Gasteiger partial charge in [0, 0.05) is 5.57 Å². The Morgan fingerprint density at radius 1 is 1.22 bits per heavy atom. The zero-order valence-electron chi connectivity index (χ0n) is 13.2.